The van der Waals surface area contributed by atoms with Gasteiger partial charge in [-0.1, -0.05) is 29.8 Å². The molecule has 28 heavy (non-hydrogen) atoms. The number of imide groups is 1. The van der Waals surface area contributed by atoms with E-state index in [1.54, 1.807) is 0 Å². The quantitative estimate of drug-likeness (QED) is 0.808. The SMILES string of the molecule is Cc1ccc(CC2CNC(=O)N(Cc3cn(C4CC4)c(=O)[nH]c3=O)C2=O)cc1. The molecule has 0 bridgehead atoms. The summed E-state index contributed by atoms with van der Waals surface area (Å²) in [6, 6.07) is 7.48. The van der Waals surface area contributed by atoms with Crippen LogP contribution in [0.25, 0.3) is 0 Å². The van der Waals surface area contributed by atoms with E-state index in [0.29, 0.717) is 6.42 Å². The second-order valence-electron chi connectivity index (χ2n) is 7.55. The molecule has 0 radical (unpaired) electrons. The van der Waals surface area contributed by atoms with Crippen LogP contribution in [0.5, 0.6) is 0 Å². The van der Waals surface area contributed by atoms with Crippen molar-refractivity contribution in [1.82, 2.24) is 19.8 Å². The number of aryl methyl sites for hydroxylation is 1. The Bertz CT molecular complexity index is 1030. The van der Waals surface area contributed by atoms with Crippen LogP contribution < -0.4 is 16.6 Å². The second kappa shape index (κ2) is 7.10. The molecule has 146 valence electrons. The number of aromatic amines is 1. The molecule has 1 aromatic heterocycles. The number of urea groups is 1. The lowest BCUT2D eigenvalue weighted by Gasteiger charge is -2.31. The number of hydrogen-bond acceptors (Lipinski definition) is 4. The number of amides is 3. The van der Waals surface area contributed by atoms with Crippen molar-refractivity contribution in [2.45, 2.75) is 38.8 Å². The number of aromatic nitrogens is 2. The molecule has 1 aromatic carbocycles. The summed E-state index contributed by atoms with van der Waals surface area (Å²) >= 11 is 0. The number of benzene rings is 1. The fourth-order valence-corrected chi connectivity index (χ4v) is 3.47. The first kappa shape index (κ1) is 18.2. The molecule has 1 saturated heterocycles. The van der Waals surface area contributed by atoms with E-state index in [-0.39, 0.29) is 30.6 Å². The third-order valence-electron chi connectivity index (χ3n) is 5.27. The minimum Gasteiger partial charge on any atom is -0.337 e. The highest BCUT2D eigenvalue weighted by molar-refractivity contribution is 5.98. The van der Waals surface area contributed by atoms with Crippen LogP contribution in [0.3, 0.4) is 0 Å². The Kier molecular flexibility index (Phi) is 4.62. The maximum atomic E-state index is 12.9. The standard InChI is InChI=1S/C20H22N4O4/c1-12-2-4-13(5-3-12)8-14-9-21-19(27)24(18(14)26)11-15-10-23(16-6-7-16)20(28)22-17(15)25/h2-5,10,14,16H,6-9,11H2,1H3,(H,21,27)(H,22,25,28). The summed E-state index contributed by atoms with van der Waals surface area (Å²) < 4.78 is 1.48. The maximum absolute atomic E-state index is 12.9. The van der Waals surface area contributed by atoms with Crippen LogP contribution in [0.1, 0.15) is 35.6 Å². The van der Waals surface area contributed by atoms with Crippen LogP contribution in [-0.2, 0) is 17.8 Å². The Hall–Kier alpha value is -3.16. The third-order valence-corrected chi connectivity index (χ3v) is 5.27. The minimum atomic E-state index is -0.567. The minimum absolute atomic E-state index is 0.0864. The molecule has 1 atom stereocenters. The van der Waals surface area contributed by atoms with Gasteiger partial charge in [0.05, 0.1) is 18.0 Å². The van der Waals surface area contributed by atoms with E-state index < -0.39 is 23.2 Å². The fourth-order valence-electron chi connectivity index (χ4n) is 3.47. The van der Waals surface area contributed by atoms with Gasteiger partial charge in [0.2, 0.25) is 5.91 Å². The molecule has 4 rings (SSSR count). The highest BCUT2D eigenvalue weighted by Crippen LogP contribution is 2.33. The molecule has 1 aliphatic carbocycles. The highest BCUT2D eigenvalue weighted by atomic mass is 16.2. The number of nitrogens with one attached hydrogen (secondary N) is 2. The van der Waals surface area contributed by atoms with Crippen LogP contribution in [0.4, 0.5) is 4.79 Å². The first-order valence-electron chi connectivity index (χ1n) is 9.41. The van der Waals surface area contributed by atoms with Gasteiger partial charge in [0.1, 0.15) is 0 Å². The summed E-state index contributed by atoms with van der Waals surface area (Å²) in [5.74, 6) is -0.707. The van der Waals surface area contributed by atoms with Crippen LogP contribution in [-0.4, -0.2) is 32.9 Å². The van der Waals surface area contributed by atoms with E-state index in [9.17, 15) is 19.2 Å². The Labute approximate surface area is 161 Å². The summed E-state index contributed by atoms with van der Waals surface area (Å²) in [6.45, 7) is 2.10. The van der Waals surface area contributed by atoms with Gasteiger partial charge < -0.3 is 5.32 Å². The first-order chi connectivity index (χ1) is 13.4. The van der Waals surface area contributed by atoms with Crippen LogP contribution in [0.2, 0.25) is 0 Å². The Morgan fingerprint density at radius 3 is 2.46 bits per heavy atom. The van der Waals surface area contributed by atoms with Gasteiger partial charge in [0.15, 0.2) is 0 Å². The van der Waals surface area contributed by atoms with Crippen molar-refractivity contribution in [2.24, 2.45) is 5.92 Å². The van der Waals surface area contributed by atoms with Gasteiger partial charge in [-0.2, -0.15) is 0 Å². The molecule has 1 saturated carbocycles. The average Bonchev–Trinajstić information content (AvgIpc) is 3.49. The number of nitrogens with zero attached hydrogens (tertiary/aromatic N) is 2. The molecule has 0 spiro atoms. The van der Waals surface area contributed by atoms with Gasteiger partial charge in [-0.25, -0.2) is 9.59 Å². The summed E-state index contributed by atoms with van der Waals surface area (Å²) in [5, 5.41) is 2.73. The van der Waals surface area contributed by atoms with Gasteiger partial charge in [0, 0.05) is 18.8 Å². The predicted octanol–water partition coefficient (Wildman–Crippen LogP) is 1.09. The smallest absolute Gasteiger partial charge is 0.328 e. The van der Waals surface area contributed by atoms with Gasteiger partial charge >= 0.3 is 11.7 Å². The normalized spacial score (nSPS) is 19.6. The Balaban J connectivity index is 1.55. The Morgan fingerprint density at radius 1 is 1.07 bits per heavy atom. The maximum Gasteiger partial charge on any atom is 0.328 e. The number of rotatable bonds is 5. The van der Waals surface area contributed by atoms with Crippen molar-refractivity contribution in [3.8, 4) is 0 Å². The topological polar surface area (TPSA) is 104 Å². The largest absolute Gasteiger partial charge is 0.337 e. The molecule has 2 aliphatic rings. The molecule has 8 heteroatoms. The molecule has 2 heterocycles. The Morgan fingerprint density at radius 2 is 1.79 bits per heavy atom. The monoisotopic (exact) mass is 382 g/mol. The van der Waals surface area contributed by atoms with E-state index in [1.165, 1.54) is 10.8 Å². The number of hydrogen-bond donors (Lipinski definition) is 2. The second-order valence-corrected chi connectivity index (χ2v) is 7.55. The summed E-state index contributed by atoms with van der Waals surface area (Å²) in [6.07, 6.45) is 3.75. The van der Waals surface area contributed by atoms with Crippen molar-refractivity contribution >= 4 is 11.9 Å². The van der Waals surface area contributed by atoms with Crippen molar-refractivity contribution in [1.29, 1.82) is 0 Å². The van der Waals surface area contributed by atoms with Crippen molar-refractivity contribution < 1.29 is 9.59 Å². The van der Waals surface area contributed by atoms with Crippen molar-refractivity contribution in [3.05, 3.63) is 68.0 Å². The average molecular weight is 382 g/mol. The zero-order chi connectivity index (χ0) is 19.8. The van der Waals surface area contributed by atoms with Crippen molar-refractivity contribution in [3.63, 3.8) is 0 Å². The molecule has 1 aliphatic heterocycles. The summed E-state index contributed by atoms with van der Waals surface area (Å²) in [4.78, 5) is 52.6. The van der Waals surface area contributed by atoms with E-state index in [0.717, 1.165) is 28.9 Å². The molecule has 8 nitrogen and oxygen atoms in total. The third kappa shape index (κ3) is 3.62. The lowest BCUT2D eigenvalue weighted by Crippen LogP contribution is -2.55. The number of carbonyl (C=O) groups excluding carboxylic acids is 2. The molecular weight excluding hydrogens is 360 g/mol. The molecule has 2 fully saturated rings. The van der Waals surface area contributed by atoms with Crippen molar-refractivity contribution in [2.75, 3.05) is 6.54 Å². The number of carbonyl (C=O) groups is 2. The van der Waals surface area contributed by atoms with E-state index >= 15 is 0 Å². The zero-order valence-corrected chi connectivity index (χ0v) is 15.6. The van der Waals surface area contributed by atoms with E-state index in [2.05, 4.69) is 10.3 Å². The highest BCUT2D eigenvalue weighted by Gasteiger charge is 2.35. The van der Waals surface area contributed by atoms with Crippen LogP contribution in [0, 0.1) is 12.8 Å². The van der Waals surface area contributed by atoms with E-state index in [1.807, 2.05) is 31.2 Å². The lowest BCUT2D eigenvalue weighted by atomic mass is 9.95. The van der Waals surface area contributed by atoms with Crippen LogP contribution >= 0.6 is 0 Å². The number of H-pyrrole nitrogens is 1. The molecular formula is C20H22N4O4. The molecule has 3 amide bonds. The summed E-state index contributed by atoms with van der Waals surface area (Å²) in [5.41, 5.74) is 1.36. The van der Waals surface area contributed by atoms with Gasteiger partial charge in [-0.3, -0.25) is 24.0 Å². The molecule has 1 unspecified atom stereocenters. The first-order valence-corrected chi connectivity index (χ1v) is 9.41. The van der Waals surface area contributed by atoms with E-state index in [4.69, 9.17) is 0 Å². The summed E-state index contributed by atoms with van der Waals surface area (Å²) in [7, 11) is 0. The molecule has 2 N–H and O–H groups in total. The van der Waals surface area contributed by atoms with Gasteiger partial charge in [-0.15, -0.1) is 0 Å². The van der Waals surface area contributed by atoms with Gasteiger partial charge in [-0.05, 0) is 31.7 Å². The van der Waals surface area contributed by atoms with Crippen LogP contribution in [0.15, 0.2) is 40.1 Å². The fraction of sp³-hybridized carbons (Fsp3) is 0.400. The lowest BCUT2D eigenvalue weighted by molar-refractivity contribution is -0.134. The zero-order valence-electron chi connectivity index (χ0n) is 15.6. The van der Waals surface area contributed by atoms with Gasteiger partial charge in [0.25, 0.3) is 5.56 Å². The molecule has 2 aromatic rings. The predicted molar refractivity (Wildman–Crippen MR) is 102 cm³/mol.